The fourth-order valence-electron chi connectivity index (χ4n) is 3.72. The molecule has 0 spiro atoms. The minimum absolute atomic E-state index is 0.0555. The van der Waals surface area contributed by atoms with Crippen LogP contribution in [0.5, 0.6) is 11.5 Å². The summed E-state index contributed by atoms with van der Waals surface area (Å²) < 4.78 is 58.8. The van der Waals surface area contributed by atoms with Gasteiger partial charge in [-0.1, -0.05) is 23.7 Å². The highest BCUT2D eigenvalue weighted by molar-refractivity contribution is 6.32. The highest BCUT2D eigenvalue weighted by Gasteiger charge is 2.43. The molecule has 2 aromatic carbocycles. The predicted molar refractivity (Wildman–Crippen MR) is 109 cm³/mol. The SMILES string of the molecule is COc1ccc2c(c1)[C@H](c1cccc(OC)c1Cl)O[C@@H](CC(=O)O)c1nnc(C(F)(F)F)n1-2. The van der Waals surface area contributed by atoms with Crippen molar-refractivity contribution < 1.29 is 37.3 Å². The number of fused-ring (bicyclic) bond motifs is 3. The van der Waals surface area contributed by atoms with Crippen LogP contribution < -0.4 is 9.47 Å². The number of carbonyl (C=O) groups is 1. The van der Waals surface area contributed by atoms with Crippen molar-refractivity contribution in [2.75, 3.05) is 14.2 Å². The van der Waals surface area contributed by atoms with Gasteiger partial charge in [0, 0.05) is 11.1 Å². The van der Waals surface area contributed by atoms with Gasteiger partial charge in [0.1, 0.15) is 23.7 Å². The minimum atomic E-state index is -4.86. The Balaban J connectivity index is 2.04. The number of alkyl halides is 3. The zero-order chi connectivity index (χ0) is 23.9. The zero-order valence-electron chi connectivity index (χ0n) is 17.3. The summed E-state index contributed by atoms with van der Waals surface area (Å²) in [5, 5.41) is 16.5. The highest BCUT2D eigenvalue weighted by Crippen LogP contribution is 2.46. The fraction of sp³-hybridized carbons (Fsp3) is 0.286. The number of benzene rings is 2. The molecule has 12 heteroatoms. The van der Waals surface area contributed by atoms with E-state index in [0.29, 0.717) is 17.1 Å². The molecule has 0 unspecified atom stereocenters. The lowest BCUT2D eigenvalue weighted by molar-refractivity contribution is -0.146. The Morgan fingerprint density at radius 1 is 1.18 bits per heavy atom. The molecule has 0 saturated heterocycles. The zero-order valence-corrected chi connectivity index (χ0v) is 18.0. The van der Waals surface area contributed by atoms with Crippen LogP contribution in [0.2, 0.25) is 5.02 Å². The van der Waals surface area contributed by atoms with Crippen LogP contribution in [0.4, 0.5) is 13.2 Å². The Labute approximate surface area is 190 Å². The van der Waals surface area contributed by atoms with Crippen molar-refractivity contribution >= 4 is 17.6 Å². The molecule has 2 atom stereocenters. The van der Waals surface area contributed by atoms with Crippen molar-refractivity contribution in [1.29, 1.82) is 0 Å². The number of hydrogen-bond donors (Lipinski definition) is 1. The number of aromatic nitrogens is 3. The average molecular weight is 484 g/mol. The molecule has 1 aliphatic rings. The molecular weight excluding hydrogens is 467 g/mol. The Morgan fingerprint density at radius 2 is 1.94 bits per heavy atom. The molecule has 0 radical (unpaired) electrons. The summed E-state index contributed by atoms with van der Waals surface area (Å²) in [5.74, 6) is -2.22. The second kappa shape index (κ2) is 8.56. The molecule has 1 aromatic heterocycles. The fourth-order valence-corrected chi connectivity index (χ4v) is 4.03. The van der Waals surface area contributed by atoms with E-state index in [1.54, 1.807) is 18.2 Å². The van der Waals surface area contributed by atoms with E-state index < -0.39 is 36.6 Å². The van der Waals surface area contributed by atoms with Gasteiger partial charge in [-0.2, -0.15) is 13.2 Å². The lowest BCUT2D eigenvalue weighted by Gasteiger charge is -2.23. The van der Waals surface area contributed by atoms with Gasteiger partial charge in [0.05, 0.1) is 31.4 Å². The van der Waals surface area contributed by atoms with Gasteiger partial charge < -0.3 is 19.3 Å². The standard InChI is InChI=1S/C21H17ClF3N3O5/c1-31-10-6-7-13-12(8-10)18(11-4-3-5-14(32-2)17(11)22)33-15(9-16(29)30)19-26-27-20(28(13)19)21(23,24)25/h3-8,15,18H,9H2,1-2H3,(H,29,30)/t15-,18-/m0/s1. The maximum absolute atomic E-state index is 13.8. The number of hydrogen-bond acceptors (Lipinski definition) is 6. The number of nitrogens with zero attached hydrogens (tertiary/aromatic N) is 3. The largest absolute Gasteiger partial charge is 0.497 e. The van der Waals surface area contributed by atoms with Gasteiger partial charge in [0.15, 0.2) is 5.82 Å². The summed E-state index contributed by atoms with van der Waals surface area (Å²) in [4.78, 5) is 11.6. The summed E-state index contributed by atoms with van der Waals surface area (Å²) in [5.41, 5.74) is 0.678. The van der Waals surface area contributed by atoms with Crippen LogP contribution in [0, 0.1) is 0 Å². The molecule has 174 valence electrons. The molecule has 0 amide bonds. The molecule has 3 aromatic rings. The third-order valence-electron chi connectivity index (χ3n) is 5.14. The van der Waals surface area contributed by atoms with Crippen LogP contribution in [0.25, 0.3) is 5.69 Å². The Kier molecular flexibility index (Phi) is 5.93. The predicted octanol–water partition coefficient (Wildman–Crippen LogP) is 4.59. The molecular formula is C21H17ClF3N3O5. The molecule has 2 heterocycles. The normalized spacial score (nSPS) is 17.6. The molecule has 0 fully saturated rings. The van der Waals surface area contributed by atoms with Crippen LogP contribution in [0.15, 0.2) is 36.4 Å². The minimum Gasteiger partial charge on any atom is -0.497 e. The smallest absolute Gasteiger partial charge is 0.452 e. The summed E-state index contributed by atoms with van der Waals surface area (Å²) in [7, 11) is 2.82. The Bertz CT molecular complexity index is 1210. The third kappa shape index (κ3) is 4.09. The summed E-state index contributed by atoms with van der Waals surface area (Å²) >= 11 is 6.51. The topological polar surface area (TPSA) is 95.7 Å². The molecule has 33 heavy (non-hydrogen) atoms. The second-order valence-corrected chi connectivity index (χ2v) is 7.48. The van der Waals surface area contributed by atoms with E-state index >= 15 is 0 Å². The van der Waals surface area contributed by atoms with E-state index in [9.17, 15) is 23.1 Å². The average Bonchev–Trinajstić information content (AvgIpc) is 3.17. The van der Waals surface area contributed by atoms with Gasteiger partial charge in [-0.15, -0.1) is 10.2 Å². The van der Waals surface area contributed by atoms with E-state index in [1.165, 1.54) is 32.4 Å². The van der Waals surface area contributed by atoms with E-state index in [-0.39, 0.29) is 22.1 Å². The maximum Gasteiger partial charge on any atom is 0.452 e. The lowest BCUT2D eigenvalue weighted by Crippen LogP contribution is -2.17. The monoisotopic (exact) mass is 483 g/mol. The number of carboxylic acid groups (broad SMARTS) is 1. The van der Waals surface area contributed by atoms with Crippen LogP contribution in [0.3, 0.4) is 0 Å². The molecule has 8 nitrogen and oxygen atoms in total. The molecule has 1 N–H and O–H groups in total. The summed E-state index contributed by atoms with van der Waals surface area (Å²) in [6.07, 6.45) is -7.94. The number of aliphatic carboxylic acids is 1. The van der Waals surface area contributed by atoms with Crippen molar-refractivity contribution in [3.63, 3.8) is 0 Å². The van der Waals surface area contributed by atoms with E-state index in [0.717, 1.165) is 4.57 Å². The third-order valence-corrected chi connectivity index (χ3v) is 5.55. The number of halogens is 4. The van der Waals surface area contributed by atoms with Gasteiger partial charge in [0.2, 0.25) is 5.82 Å². The summed E-state index contributed by atoms with van der Waals surface area (Å²) in [6, 6.07) is 9.26. The molecule has 1 aliphatic heterocycles. The van der Waals surface area contributed by atoms with Crippen molar-refractivity contribution in [2.45, 2.75) is 24.8 Å². The molecule has 0 bridgehead atoms. The van der Waals surface area contributed by atoms with E-state index in [4.69, 9.17) is 25.8 Å². The first-order chi connectivity index (χ1) is 15.7. The van der Waals surface area contributed by atoms with E-state index in [2.05, 4.69) is 10.2 Å². The molecule has 0 saturated carbocycles. The maximum atomic E-state index is 13.8. The number of ether oxygens (including phenoxy) is 3. The first kappa shape index (κ1) is 22.9. The number of rotatable bonds is 5. The van der Waals surface area contributed by atoms with Gasteiger partial charge in [-0.05, 0) is 24.3 Å². The van der Waals surface area contributed by atoms with Crippen LogP contribution in [0.1, 0.15) is 41.4 Å². The Morgan fingerprint density at radius 3 is 2.58 bits per heavy atom. The Hall–Kier alpha value is -3.31. The van der Waals surface area contributed by atoms with Crippen molar-refractivity contribution in [3.8, 4) is 17.2 Å². The second-order valence-electron chi connectivity index (χ2n) is 7.11. The number of carboxylic acids is 1. The van der Waals surface area contributed by atoms with Crippen molar-refractivity contribution in [1.82, 2.24) is 14.8 Å². The van der Waals surface area contributed by atoms with Crippen LogP contribution >= 0.6 is 11.6 Å². The van der Waals surface area contributed by atoms with Gasteiger partial charge in [-0.3, -0.25) is 9.36 Å². The first-order valence-electron chi connectivity index (χ1n) is 9.56. The van der Waals surface area contributed by atoms with Crippen molar-refractivity contribution in [3.05, 3.63) is 64.2 Å². The summed E-state index contributed by atoms with van der Waals surface area (Å²) in [6.45, 7) is 0. The van der Waals surface area contributed by atoms with Crippen molar-refractivity contribution in [2.24, 2.45) is 0 Å². The molecule has 4 rings (SSSR count). The lowest BCUT2D eigenvalue weighted by atomic mass is 9.98. The van der Waals surface area contributed by atoms with Gasteiger partial charge in [0.25, 0.3) is 0 Å². The molecule has 0 aliphatic carbocycles. The first-order valence-corrected chi connectivity index (χ1v) is 9.94. The number of methoxy groups -OCH3 is 2. The van der Waals surface area contributed by atoms with Crippen LogP contribution in [-0.2, 0) is 15.7 Å². The van der Waals surface area contributed by atoms with Gasteiger partial charge >= 0.3 is 12.1 Å². The highest BCUT2D eigenvalue weighted by atomic mass is 35.5. The van der Waals surface area contributed by atoms with Crippen LogP contribution in [-0.4, -0.2) is 40.1 Å². The van der Waals surface area contributed by atoms with Gasteiger partial charge in [-0.25, -0.2) is 0 Å². The van der Waals surface area contributed by atoms with E-state index in [1.807, 2.05) is 0 Å². The quantitative estimate of drug-likeness (QED) is 0.567.